The van der Waals surface area contributed by atoms with Gasteiger partial charge in [-0.25, -0.2) is 0 Å². The van der Waals surface area contributed by atoms with Crippen LogP contribution in [0.15, 0.2) is 29.3 Å². The standard InChI is InChI=1S/C20H32ClN5O/c1-4-22-20(23-12-6-14-26-13-5-7-19(26)27)24-15-18(25(2)3)16-8-10-17(21)11-9-16/h8-11,18H,4-7,12-15H2,1-3H3,(H2,22,23,24). The van der Waals surface area contributed by atoms with E-state index in [0.29, 0.717) is 13.0 Å². The van der Waals surface area contributed by atoms with Gasteiger partial charge in [-0.05, 0) is 51.6 Å². The van der Waals surface area contributed by atoms with Crippen molar-refractivity contribution in [2.24, 2.45) is 4.99 Å². The number of halogens is 1. The lowest BCUT2D eigenvalue weighted by molar-refractivity contribution is -0.127. The van der Waals surface area contributed by atoms with Gasteiger partial charge in [0, 0.05) is 37.6 Å². The summed E-state index contributed by atoms with van der Waals surface area (Å²) in [6.07, 6.45) is 2.62. The van der Waals surface area contributed by atoms with Gasteiger partial charge in [-0.15, -0.1) is 0 Å². The highest BCUT2D eigenvalue weighted by molar-refractivity contribution is 6.30. The molecule has 1 aromatic rings. The summed E-state index contributed by atoms with van der Waals surface area (Å²) in [5, 5.41) is 7.41. The molecule has 1 aromatic carbocycles. The topological polar surface area (TPSA) is 60.0 Å². The van der Waals surface area contributed by atoms with E-state index < -0.39 is 0 Å². The van der Waals surface area contributed by atoms with Gasteiger partial charge in [0.1, 0.15) is 0 Å². The Labute approximate surface area is 168 Å². The minimum atomic E-state index is 0.181. The van der Waals surface area contributed by atoms with E-state index in [4.69, 9.17) is 16.6 Å². The Kier molecular flexibility index (Phi) is 8.88. The van der Waals surface area contributed by atoms with E-state index in [0.717, 1.165) is 50.0 Å². The predicted molar refractivity (Wildman–Crippen MR) is 112 cm³/mol. The Hall–Kier alpha value is -1.79. The number of carbonyl (C=O) groups is 1. The molecule has 1 atom stereocenters. The molecule has 1 unspecified atom stereocenters. The minimum absolute atomic E-state index is 0.181. The maximum absolute atomic E-state index is 11.7. The smallest absolute Gasteiger partial charge is 0.222 e. The maximum Gasteiger partial charge on any atom is 0.222 e. The first-order chi connectivity index (χ1) is 13.0. The Balaban J connectivity index is 1.87. The summed E-state index contributed by atoms with van der Waals surface area (Å²) in [6, 6.07) is 8.12. The van der Waals surface area contributed by atoms with Crippen LogP contribution in [0.2, 0.25) is 5.02 Å². The van der Waals surface area contributed by atoms with Crippen LogP contribution in [0.5, 0.6) is 0 Å². The van der Waals surface area contributed by atoms with Crippen molar-refractivity contribution in [3.05, 3.63) is 34.9 Å². The van der Waals surface area contributed by atoms with Gasteiger partial charge in [-0.3, -0.25) is 9.79 Å². The molecule has 27 heavy (non-hydrogen) atoms. The molecule has 1 amide bonds. The molecule has 1 aliphatic heterocycles. The van der Waals surface area contributed by atoms with Crippen molar-refractivity contribution in [3.8, 4) is 0 Å². The van der Waals surface area contributed by atoms with Gasteiger partial charge < -0.3 is 20.4 Å². The van der Waals surface area contributed by atoms with E-state index in [9.17, 15) is 4.79 Å². The number of aliphatic imine (C=N–C) groups is 1. The molecule has 7 heteroatoms. The first-order valence-electron chi connectivity index (χ1n) is 9.73. The number of hydrogen-bond donors (Lipinski definition) is 2. The van der Waals surface area contributed by atoms with Crippen LogP contribution in [0.3, 0.4) is 0 Å². The van der Waals surface area contributed by atoms with Crippen LogP contribution in [-0.2, 0) is 4.79 Å². The molecule has 0 radical (unpaired) electrons. The molecule has 150 valence electrons. The number of likely N-dealkylation sites (tertiary alicyclic amines) is 1. The summed E-state index contributed by atoms with van der Waals surface area (Å²) in [5.74, 6) is 1.10. The zero-order chi connectivity index (χ0) is 19.6. The van der Waals surface area contributed by atoms with Crippen molar-refractivity contribution >= 4 is 23.5 Å². The van der Waals surface area contributed by atoms with Crippen LogP contribution in [0, 0.1) is 0 Å². The van der Waals surface area contributed by atoms with Crippen molar-refractivity contribution in [1.82, 2.24) is 20.4 Å². The molecule has 2 rings (SSSR count). The Morgan fingerprint density at radius 1 is 1.30 bits per heavy atom. The molecule has 0 aromatic heterocycles. The van der Waals surface area contributed by atoms with Gasteiger partial charge in [-0.1, -0.05) is 23.7 Å². The third-order valence-corrected chi connectivity index (χ3v) is 4.97. The van der Waals surface area contributed by atoms with Gasteiger partial charge in [0.2, 0.25) is 5.91 Å². The highest BCUT2D eigenvalue weighted by Crippen LogP contribution is 2.20. The number of nitrogens with one attached hydrogen (secondary N) is 2. The second-order valence-electron chi connectivity index (χ2n) is 7.02. The van der Waals surface area contributed by atoms with E-state index in [1.165, 1.54) is 5.56 Å². The first-order valence-corrected chi connectivity index (χ1v) is 10.1. The van der Waals surface area contributed by atoms with Gasteiger partial charge in [-0.2, -0.15) is 0 Å². The van der Waals surface area contributed by atoms with Crippen LogP contribution in [0.25, 0.3) is 0 Å². The van der Waals surface area contributed by atoms with Crippen molar-refractivity contribution in [3.63, 3.8) is 0 Å². The van der Waals surface area contributed by atoms with Crippen LogP contribution < -0.4 is 10.6 Å². The average Bonchev–Trinajstić information content (AvgIpc) is 3.05. The minimum Gasteiger partial charge on any atom is -0.357 e. The lowest BCUT2D eigenvalue weighted by Gasteiger charge is -2.24. The summed E-state index contributed by atoms with van der Waals surface area (Å²) < 4.78 is 0. The number of likely N-dealkylation sites (N-methyl/N-ethyl adjacent to an activating group) is 1. The maximum atomic E-state index is 11.7. The van der Waals surface area contributed by atoms with E-state index in [1.54, 1.807) is 0 Å². The summed E-state index contributed by atoms with van der Waals surface area (Å²) in [6.45, 7) is 6.03. The third kappa shape index (κ3) is 7.03. The number of nitrogens with zero attached hydrogens (tertiary/aromatic N) is 3. The SMILES string of the molecule is CCNC(=NCC(c1ccc(Cl)cc1)N(C)C)NCCCN1CCCC1=O. The van der Waals surface area contributed by atoms with E-state index in [2.05, 4.69) is 48.7 Å². The van der Waals surface area contributed by atoms with E-state index >= 15 is 0 Å². The normalized spacial score (nSPS) is 16.1. The molecule has 1 fully saturated rings. The van der Waals surface area contributed by atoms with E-state index in [-0.39, 0.29) is 11.9 Å². The average molecular weight is 394 g/mol. The fourth-order valence-corrected chi connectivity index (χ4v) is 3.31. The number of amides is 1. The molecule has 1 aliphatic rings. The molecule has 0 aliphatic carbocycles. The molecule has 1 saturated heterocycles. The first kappa shape index (κ1) is 21.5. The second-order valence-corrected chi connectivity index (χ2v) is 7.45. The van der Waals surface area contributed by atoms with Crippen molar-refractivity contribution in [2.45, 2.75) is 32.2 Å². The van der Waals surface area contributed by atoms with Crippen molar-refractivity contribution in [1.29, 1.82) is 0 Å². The quantitative estimate of drug-likeness (QED) is 0.384. The van der Waals surface area contributed by atoms with Crippen LogP contribution >= 0.6 is 11.6 Å². The molecular weight excluding hydrogens is 362 g/mol. The molecule has 1 heterocycles. The molecule has 0 spiro atoms. The highest BCUT2D eigenvalue weighted by atomic mass is 35.5. The lowest BCUT2D eigenvalue weighted by atomic mass is 10.1. The zero-order valence-electron chi connectivity index (χ0n) is 16.7. The summed E-state index contributed by atoms with van der Waals surface area (Å²) in [7, 11) is 4.12. The number of carbonyl (C=O) groups excluding carboxylic acids is 1. The summed E-state index contributed by atoms with van der Waals surface area (Å²) in [5.41, 5.74) is 1.19. The number of guanidine groups is 1. The Morgan fingerprint density at radius 2 is 2.04 bits per heavy atom. The van der Waals surface area contributed by atoms with Gasteiger partial charge in [0.15, 0.2) is 5.96 Å². The molecule has 0 bridgehead atoms. The molecular formula is C20H32ClN5O. The number of benzene rings is 1. The van der Waals surface area contributed by atoms with Gasteiger partial charge in [0.05, 0.1) is 12.6 Å². The summed E-state index contributed by atoms with van der Waals surface area (Å²) in [4.78, 5) is 20.5. The molecule has 0 saturated carbocycles. The van der Waals surface area contributed by atoms with Crippen molar-refractivity contribution in [2.75, 3.05) is 46.8 Å². The van der Waals surface area contributed by atoms with Crippen LogP contribution in [-0.4, -0.2) is 68.5 Å². The van der Waals surface area contributed by atoms with Gasteiger partial charge in [0.25, 0.3) is 0 Å². The fraction of sp³-hybridized carbons (Fsp3) is 0.600. The third-order valence-electron chi connectivity index (χ3n) is 4.71. The van der Waals surface area contributed by atoms with Crippen LogP contribution in [0.1, 0.15) is 37.8 Å². The largest absolute Gasteiger partial charge is 0.357 e. The Morgan fingerprint density at radius 3 is 2.63 bits per heavy atom. The lowest BCUT2D eigenvalue weighted by Crippen LogP contribution is -2.39. The van der Waals surface area contributed by atoms with Gasteiger partial charge >= 0.3 is 0 Å². The monoisotopic (exact) mass is 393 g/mol. The van der Waals surface area contributed by atoms with Crippen molar-refractivity contribution < 1.29 is 4.79 Å². The molecule has 2 N–H and O–H groups in total. The predicted octanol–water partition coefficient (Wildman–Crippen LogP) is 2.51. The number of hydrogen-bond acceptors (Lipinski definition) is 3. The Bertz CT molecular complexity index is 617. The highest BCUT2D eigenvalue weighted by Gasteiger charge is 2.19. The second kappa shape index (κ2) is 11.1. The zero-order valence-corrected chi connectivity index (χ0v) is 17.4. The summed E-state index contributed by atoms with van der Waals surface area (Å²) >= 11 is 6.01. The van der Waals surface area contributed by atoms with E-state index in [1.807, 2.05) is 17.0 Å². The fourth-order valence-electron chi connectivity index (χ4n) is 3.19. The number of rotatable bonds is 9. The van der Waals surface area contributed by atoms with Crippen LogP contribution in [0.4, 0.5) is 0 Å². The molecule has 6 nitrogen and oxygen atoms in total.